The number of hydrogen-bond acceptors (Lipinski definition) is 3. The maximum absolute atomic E-state index is 10.1. The highest BCUT2D eigenvalue weighted by molar-refractivity contribution is 5.56. The number of ether oxygens (including phenoxy) is 2. The van der Waals surface area contributed by atoms with Crippen molar-refractivity contribution in [2.24, 2.45) is 5.92 Å². The summed E-state index contributed by atoms with van der Waals surface area (Å²) in [4.78, 5) is 10.1. The summed E-state index contributed by atoms with van der Waals surface area (Å²) in [6.45, 7) is 4.14. The molecule has 4 nitrogen and oxygen atoms in total. The second kappa shape index (κ2) is 5.83. The van der Waals surface area contributed by atoms with E-state index in [9.17, 15) is 4.79 Å². The first-order valence-electron chi connectivity index (χ1n) is 4.00. The van der Waals surface area contributed by atoms with E-state index < -0.39 is 6.16 Å². The maximum atomic E-state index is 10.1. The van der Waals surface area contributed by atoms with Crippen LogP contribution < -0.4 is 0 Å². The van der Waals surface area contributed by atoms with Gasteiger partial charge in [-0.15, -0.1) is 0 Å². The van der Waals surface area contributed by atoms with E-state index in [4.69, 9.17) is 9.84 Å². The van der Waals surface area contributed by atoms with Gasteiger partial charge in [-0.2, -0.15) is 0 Å². The molecule has 0 aromatic heterocycles. The molecule has 0 fully saturated rings. The van der Waals surface area contributed by atoms with E-state index in [1.165, 1.54) is 0 Å². The molecule has 12 heavy (non-hydrogen) atoms. The van der Waals surface area contributed by atoms with Gasteiger partial charge < -0.3 is 14.6 Å². The lowest BCUT2D eigenvalue weighted by molar-refractivity contribution is -0.00951. The average Bonchev–Trinajstić information content (AvgIpc) is 2.04. The van der Waals surface area contributed by atoms with Crippen molar-refractivity contribution >= 4 is 6.16 Å². The second-order valence-electron chi connectivity index (χ2n) is 2.74. The van der Waals surface area contributed by atoms with E-state index in [-0.39, 0.29) is 12.7 Å². The van der Waals surface area contributed by atoms with Crippen molar-refractivity contribution in [3.05, 3.63) is 0 Å². The Morgan fingerprint density at radius 3 is 2.50 bits per heavy atom. The third kappa shape index (κ3) is 4.18. The molecule has 0 aliphatic rings. The molecule has 0 saturated carbocycles. The molecular weight excluding hydrogens is 160 g/mol. The van der Waals surface area contributed by atoms with Gasteiger partial charge >= 0.3 is 6.16 Å². The third-order valence-electron chi connectivity index (χ3n) is 1.95. The lowest BCUT2D eigenvalue weighted by atomic mass is 10.0. The fourth-order valence-electron chi connectivity index (χ4n) is 0.881. The molecule has 0 aromatic carbocycles. The Kier molecular flexibility index (Phi) is 5.45. The summed E-state index contributed by atoms with van der Waals surface area (Å²) in [6, 6.07) is 0. The van der Waals surface area contributed by atoms with Crippen molar-refractivity contribution in [1.82, 2.24) is 0 Å². The van der Waals surface area contributed by atoms with Crippen LogP contribution in [0.25, 0.3) is 0 Å². The van der Waals surface area contributed by atoms with Crippen LogP contribution in [0.4, 0.5) is 4.79 Å². The number of hydrogen-bond donors (Lipinski definition) is 1. The highest BCUT2D eigenvalue weighted by Crippen LogP contribution is 2.10. The number of methoxy groups -OCH3 is 1. The molecule has 2 atom stereocenters. The zero-order valence-corrected chi connectivity index (χ0v) is 7.74. The first-order chi connectivity index (χ1) is 5.61. The summed E-state index contributed by atoms with van der Waals surface area (Å²) >= 11 is 0. The normalized spacial score (nSPS) is 15.2. The molecular formula is C8H16O4. The van der Waals surface area contributed by atoms with Crippen LogP contribution in [0.3, 0.4) is 0 Å². The zero-order chi connectivity index (χ0) is 9.56. The SMILES string of the molecule is CCC(C)C(COC(=O)O)OC. The standard InChI is InChI=1S/C8H16O4/c1-4-6(2)7(11-3)5-12-8(9)10/h6-7H,4-5H2,1-3H3,(H,9,10). The molecule has 0 rings (SSSR count). The largest absolute Gasteiger partial charge is 0.505 e. The van der Waals surface area contributed by atoms with Crippen molar-refractivity contribution in [2.75, 3.05) is 13.7 Å². The van der Waals surface area contributed by atoms with Gasteiger partial charge in [0.15, 0.2) is 0 Å². The van der Waals surface area contributed by atoms with Gasteiger partial charge in [0, 0.05) is 7.11 Å². The lowest BCUT2D eigenvalue weighted by Crippen LogP contribution is -2.26. The van der Waals surface area contributed by atoms with Crippen LogP contribution >= 0.6 is 0 Å². The molecule has 0 spiro atoms. The van der Waals surface area contributed by atoms with Crippen molar-refractivity contribution in [1.29, 1.82) is 0 Å². The van der Waals surface area contributed by atoms with Crippen LogP contribution in [0, 0.1) is 5.92 Å². The smallest absolute Gasteiger partial charge is 0.450 e. The third-order valence-corrected chi connectivity index (χ3v) is 1.95. The van der Waals surface area contributed by atoms with E-state index in [1.807, 2.05) is 13.8 Å². The monoisotopic (exact) mass is 176 g/mol. The summed E-state index contributed by atoms with van der Waals surface area (Å²) in [5, 5.41) is 8.23. The van der Waals surface area contributed by atoms with Crippen LogP contribution in [-0.2, 0) is 9.47 Å². The molecule has 0 aliphatic carbocycles. The lowest BCUT2D eigenvalue weighted by Gasteiger charge is -2.19. The zero-order valence-electron chi connectivity index (χ0n) is 7.74. The summed E-state index contributed by atoms with van der Waals surface area (Å²) < 4.78 is 9.47. The summed E-state index contributed by atoms with van der Waals surface area (Å²) in [6.07, 6.45) is -0.437. The van der Waals surface area contributed by atoms with Crippen LogP contribution in [0.2, 0.25) is 0 Å². The Hall–Kier alpha value is -0.770. The first kappa shape index (κ1) is 11.2. The van der Waals surface area contributed by atoms with E-state index in [0.717, 1.165) is 6.42 Å². The fraction of sp³-hybridized carbons (Fsp3) is 0.875. The molecule has 4 heteroatoms. The van der Waals surface area contributed by atoms with E-state index in [2.05, 4.69) is 4.74 Å². The fourth-order valence-corrected chi connectivity index (χ4v) is 0.881. The number of rotatable bonds is 5. The molecule has 0 aromatic rings. The first-order valence-corrected chi connectivity index (χ1v) is 4.00. The molecule has 1 N–H and O–H groups in total. The minimum atomic E-state index is -1.25. The van der Waals surface area contributed by atoms with Crippen LogP contribution in [0.5, 0.6) is 0 Å². The van der Waals surface area contributed by atoms with Gasteiger partial charge in [-0.3, -0.25) is 0 Å². The predicted molar refractivity (Wildman–Crippen MR) is 44.2 cm³/mol. The minimum absolute atomic E-state index is 0.112. The topological polar surface area (TPSA) is 55.8 Å². The quantitative estimate of drug-likeness (QED) is 0.648. The molecule has 0 radical (unpaired) electrons. The van der Waals surface area contributed by atoms with Crippen LogP contribution in [0.1, 0.15) is 20.3 Å². The van der Waals surface area contributed by atoms with E-state index in [1.54, 1.807) is 7.11 Å². The highest BCUT2D eigenvalue weighted by atomic mass is 16.7. The van der Waals surface area contributed by atoms with Gasteiger partial charge in [0.05, 0.1) is 6.10 Å². The van der Waals surface area contributed by atoms with Gasteiger partial charge in [-0.25, -0.2) is 4.79 Å². The molecule has 72 valence electrons. The maximum Gasteiger partial charge on any atom is 0.505 e. The van der Waals surface area contributed by atoms with Gasteiger partial charge in [0.2, 0.25) is 0 Å². The van der Waals surface area contributed by atoms with Crippen LogP contribution in [-0.4, -0.2) is 31.1 Å². The van der Waals surface area contributed by atoms with Crippen molar-refractivity contribution in [3.63, 3.8) is 0 Å². The Bertz CT molecular complexity index is 135. The highest BCUT2D eigenvalue weighted by Gasteiger charge is 2.16. The second-order valence-corrected chi connectivity index (χ2v) is 2.74. The molecule has 2 unspecified atom stereocenters. The molecule has 0 amide bonds. The van der Waals surface area contributed by atoms with Gasteiger partial charge in [0.1, 0.15) is 6.61 Å². The predicted octanol–water partition coefficient (Wildman–Crippen LogP) is 1.74. The summed E-state index contributed by atoms with van der Waals surface area (Å²) in [7, 11) is 1.56. The molecule has 0 bridgehead atoms. The summed E-state index contributed by atoms with van der Waals surface area (Å²) in [5.41, 5.74) is 0. The molecule has 0 saturated heterocycles. The van der Waals surface area contributed by atoms with Gasteiger partial charge in [0.25, 0.3) is 0 Å². The molecule has 0 aliphatic heterocycles. The van der Waals surface area contributed by atoms with E-state index >= 15 is 0 Å². The average molecular weight is 176 g/mol. The Labute approximate surface area is 72.5 Å². The van der Waals surface area contributed by atoms with Crippen LogP contribution in [0.15, 0.2) is 0 Å². The van der Waals surface area contributed by atoms with E-state index in [0.29, 0.717) is 5.92 Å². The van der Waals surface area contributed by atoms with Crippen molar-refractivity contribution in [3.8, 4) is 0 Å². The van der Waals surface area contributed by atoms with Gasteiger partial charge in [-0.05, 0) is 5.92 Å². The molecule has 0 heterocycles. The Morgan fingerprint density at radius 1 is 1.58 bits per heavy atom. The minimum Gasteiger partial charge on any atom is -0.450 e. The van der Waals surface area contributed by atoms with Gasteiger partial charge in [-0.1, -0.05) is 20.3 Å². The summed E-state index contributed by atoms with van der Waals surface area (Å²) in [5.74, 6) is 0.314. The van der Waals surface area contributed by atoms with Crippen molar-refractivity contribution < 1.29 is 19.4 Å². The van der Waals surface area contributed by atoms with Crippen molar-refractivity contribution in [2.45, 2.75) is 26.4 Å². The number of carboxylic acid groups (broad SMARTS) is 1. The Balaban J connectivity index is 3.74. The Morgan fingerprint density at radius 2 is 2.17 bits per heavy atom. The number of carbonyl (C=O) groups is 1.